The minimum atomic E-state index is -1.33. The number of carbonyl (C=O) groups is 2. The van der Waals surface area contributed by atoms with Crippen LogP contribution in [0.1, 0.15) is 28.3 Å². The Hall–Kier alpha value is -2.96. The maximum Gasteiger partial charge on any atom is 0.338 e. The number of nitrogens with one attached hydrogen (secondary N) is 1. The van der Waals surface area contributed by atoms with E-state index < -0.39 is 17.3 Å². The topological polar surface area (TPSA) is 105 Å². The van der Waals surface area contributed by atoms with Gasteiger partial charge in [-0.05, 0) is 29.3 Å². The van der Waals surface area contributed by atoms with Crippen molar-refractivity contribution in [3.63, 3.8) is 0 Å². The van der Waals surface area contributed by atoms with Crippen LogP contribution in [0.25, 0.3) is 11.1 Å². The van der Waals surface area contributed by atoms with E-state index in [-0.39, 0.29) is 17.6 Å². The molecule has 1 unspecified atom stereocenters. The van der Waals surface area contributed by atoms with Gasteiger partial charge in [-0.3, -0.25) is 4.79 Å². The molecule has 1 atom stereocenters. The van der Waals surface area contributed by atoms with Gasteiger partial charge in [0.1, 0.15) is 11.6 Å². The highest BCUT2D eigenvalue weighted by atomic mass is 19.1. The zero-order valence-corrected chi connectivity index (χ0v) is 12.0. The van der Waals surface area contributed by atoms with Gasteiger partial charge in [0.15, 0.2) is 0 Å². The van der Waals surface area contributed by atoms with E-state index in [9.17, 15) is 14.0 Å². The van der Waals surface area contributed by atoms with Gasteiger partial charge >= 0.3 is 5.97 Å². The normalized spacial score (nSPS) is 17.1. The minimum absolute atomic E-state index is 0.00232. The largest absolute Gasteiger partial charge is 0.478 e. The van der Waals surface area contributed by atoms with E-state index in [0.29, 0.717) is 24.1 Å². The van der Waals surface area contributed by atoms with Gasteiger partial charge in [-0.25, -0.2) is 14.2 Å². The Bertz CT molecular complexity index is 807. The van der Waals surface area contributed by atoms with Crippen LogP contribution in [0.5, 0.6) is 0 Å². The van der Waals surface area contributed by atoms with E-state index in [2.05, 4.69) is 10.3 Å². The lowest BCUT2D eigenvalue weighted by atomic mass is 9.96. The molecule has 0 aliphatic carbocycles. The van der Waals surface area contributed by atoms with Crippen molar-refractivity contribution in [2.75, 3.05) is 12.3 Å². The molecule has 7 heteroatoms. The molecule has 23 heavy (non-hydrogen) atoms. The van der Waals surface area contributed by atoms with Crippen LogP contribution in [0.15, 0.2) is 30.5 Å². The zero-order valence-electron chi connectivity index (χ0n) is 12.0. The van der Waals surface area contributed by atoms with Crippen LogP contribution in [0.2, 0.25) is 0 Å². The minimum Gasteiger partial charge on any atom is -0.478 e. The molecule has 1 fully saturated rings. The predicted octanol–water partition coefficient (Wildman–Crippen LogP) is 1.77. The van der Waals surface area contributed by atoms with Crippen molar-refractivity contribution in [1.29, 1.82) is 0 Å². The van der Waals surface area contributed by atoms with E-state index >= 15 is 0 Å². The van der Waals surface area contributed by atoms with E-state index in [1.165, 1.54) is 12.1 Å². The van der Waals surface area contributed by atoms with Crippen molar-refractivity contribution in [1.82, 2.24) is 10.3 Å². The SMILES string of the molecule is Nc1ncc(C2CNC(=O)C2)cc1-c1ccc(C(=O)O)c(F)c1. The van der Waals surface area contributed by atoms with Crippen LogP contribution < -0.4 is 11.1 Å². The molecule has 3 rings (SSSR count). The molecule has 2 aromatic rings. The van der Waals surface area contributed by atoms with Crippen LogP contribution in [0.4, 0.5) is 10.2 Å². The number of halogens is 1. The Kier molecular flexibility index (Phi) is 3.69. The molecule has 0 radical (unpaired) electrons. The highest BCUT2D eigenvalue weighted by molar-refractivity contribution is 5.89. The lowest BCUT2D eigenvalue weighted by Gasteiger charge is -2.12. The molecule has 1 aliphatic heterocycles. The summed E-state index contributed by atoms with van der Waals surface area (Å²) in [6.07, 6.45) is 1.98. The van der Waals surface area contributed by atoms with Gasteiger partial charge in [0.05, 0.1) is 5.56 Å². The van der Waals surface area contributed by atoms with Gasteiger partial charge in [-0.15, -0.1) is 0 Å². The number of pyridine rings is 1. The number of nitrogens with zero attached hydrogens (tertiary/aromatic N) is 1. The second-order valence-electron chi connectivity index (χ2n) is 5.41. The number of aromatic nitrogens is 1. The number of hydrogen-bond acceptors (Lipinski definition) is 4. The number of nitrogen functional groups attached to an aromatic ring is 1. The number of amides is 1. The quantitative estimate of drug-likeness (QED) is 0.800. The average Bonchev–Trinajstić information content (AvgIpc) is 2.94. The van der Waals surface area contributed by atoms with Crippen LogP contribution >= 0.6 is 0 Å². The number of aromatic carboxylic acids is 1. The molecular weight excluding hydrogens is 301 g/mol. The second-order valence-corrected chi connectivity index (χ2v) is 5.41. The first kappa shape index (κ1) is 15.0. The molecule has 1 aliphatic rings. The summed E-state index contributed by atoms with van der Waals surface area (Å²) in [7, 11) is 0. The molecular formula is C16H14FN3O3. The van der Waals surface area contributed by atoms with Gasteiger partial charge < -0.3 is 16.2 Å². The molecule has 0 bridgehead atoms. The molecule has 6 nitrogen and oxygen atoms in total. The van der Waals surface area contributed by atoms with Gasteiger partial charge in [0.2, 0.25) is 5.91 Å². The fourth-order valence-corrected chi connectivity index (χ4v) is 2.64. The first-order valence-corrected chi connectivity index (χ1v) is 7.01. The first-order valence-electron chi connectivity index (χ1n) is 7.01. The summed E-state index contributed by atoms with van der Waals surface area (Å²) >= 11 is 0. The van der Waals surface area contributed by atoms with Crippen molar-refractivity contribution in [3.8, 4) is 11.1 Å². The lowest BCUT2D eigenvalue weighted by Crippen LogP contribution is -2.13. The van der Waals surface area contributed by atoms with Gasteiger partial charge in [-0.1, -0.05) is 6.07 Å². The van der Waals surface area contributed by atoms with Crippen LogP contribution in [-0.2, 0) is 4.79 Å². The number of carbonyl (C=O) groups excluding carboxylic acids is 1. The Balaban J connectivity index is 2.00. The van der Waals surface area contributed by atoms with Crippen LogP contribution in [-0.4, -0.2) is 28.5 Å². The number of anilines is 1. The number of benzene rings is 1. The standard InChI is InChI=1S/C16H14FN3O3/c17-13-4-8(1-2-11(13)16(22)23)12-3-9(7-20-15(12)18)10-5-14(21)19-6-10/h1-4,7,10H,5-6H2,(H2,18,20)(H,19,21)(H,22,23). The molecule has 118 valence electrons. The van der Waals surface area contributed by atoms with E-state index in [1.807, 2.05) is 0 Å². The second kappa shape index (κ2) is 5.68. The maximum absolute atomic E-state index is 13.9. The molecule has 1 saturated heterocycles. The van der Waals surface area contributed by atoms with E-state index in [0.717, 1.165) is 11.6 Å². The average molecular weight is 315 g/mol. The molecule has 0 saturated carbocycles. The van der Waals surface area contributed by atoms with E-state index in [1.54, 1.807) is 12.3 Å². The molecule has 1 aromatic carbocycles. The molecule has 2 heterocycles. The van der Waals surface area contributed by atoms with Gasteiger partial charge in [0.25, 0.3) is 0 Å². The Morgan fingerprint density at radius 2 is 2.17 bits per heavy atom. The van der Waals surface area contributed by atoms with E-state index in [4.69, 9.17) is 10.8 Å². The number of rotatable bonds is 3. The molecule has 0 spiro atoms. The fourth-order valence-electron chi connectivity index (χ4n) is 2.64. The third-order valence-electron chi connectivity index (χ3n) is 3.90. The predicted molar refractivity (Wildman–Crippen MR) is 81.4 cm³/mol. The zero-order chi connectivity index (χ0) is 16.6. The summed E-state index contributed by atoms with van der Waals surface area (Å²) in [6, 6.07) is 5.57. The Morgan fingerprint density at radius 1 is 1.39 bits per heavy atom. The van der Waals surface area contributed by atoms with Crippen molar-refractivity contribution in [3.05, 3.63) is 47.4 Å². The van der Waals surface area contributed by atoms with Crippen LogP contribution in [0, 0.1) is 5.82 Å². The van der Waals surface area contributed by atoms with Crippen molar-refractivity contribution in [2.24, 2.45) is 0 Å². The number of carboxylic acids is 1. The monoisotopic (exact) mass is 315 g/mol. The Labute approximate surface area is 131 Å². The van der Waals surface area contributed by atoms with Gasteiger partial charge in [0, 0.05) is 30.6 Å². The van der Waals surface area contributed by atoms with Crippen LogP contribution in [0.3, 0.4) is 0 Å². The number of carboxylic acid groups (broad SMARTS) is 1. The van der Waals surface area contributed by atoms with Crippen molar-refractivity contribution >= 4 is 17.7 Å². The number of nitrogens with two attached hydrogens (primary N) is 1. The Morgan fingerprint density at radius 3 is 2.78 bits per heavy atom. The summed E-state index contributed by atoms with van der Waals surface area (Å²) in [5.41, 5.74) is 7.24. The summed E-state index contributed by atoms with van der Waals surface area (Å²) in [5, 5.41) is 11.6. The van der Waals surface area contributed by atoms with Gasteiger partial charge in [-0.2, -0.15) is 0 Å². The lowest BCUT2D eigenvalue weighted by molar-refractivity contribution is -0.119. The van der Waals surface area contributed by atoms with Crippen molar-refractivity contribution in [2.45, 2.75) is 12.3 Å². The first-order chi connectivity index (χ1) is 11.0. The molecule has 4 N–H and O–H groups in total. The fraction of sp³-hybridized carbons (Fsp3) is 0.188. The summed E-state index contributed by atoms with van der Waals surface area (Å²) in [4.78, 5) is 26.3. The highest BCUT2D eigenvalue weighted by Crippen LogP contribution is 2.31. The maximum atomic E-state index is 13.9. The smallest absolute Gasteiger partial charge is 0.338 e. The number of hydrogen-bond donors (Lipinski definition) is 3. The summed E-state index contributed by atoms with van der Waals surface area (Å²) in [5.74, 6) is -1.97. The summed E-state index contributed by atoms with van der Waals surface area (Å²) < 4.78 is 13.9. The third kappa shape index (κ3) is 2.85. The third-order valence-corrected chi connectivity index (χ3v) is 3.90. The molecule has 1 aromatic heterocycles. The molecule has 1 amide bonds. The highest BCUT2D eigenvalue weighted by Gasteiger charge is 2.24. The van der Waals surface area contributed by atoms with Crippen molar-refractivity contribution < 1.29 is 19.1 Å². The summed E-state index contributed by atoms with van der Waals surface area (Å²) in [6.45, 7) is 0.524.